The molecular weight excluding hydrogens is 307 g/mol. The van der Waals surface area contributed by atoms with Gasteiger partial charge in [0.15, 0.2) is 0 Å². The lowest BCUT2D eigenvalue weighted by molar-refractivity contribution is 0.241. The Labute approximate surface area is 134 Å². The highest BCUT2D eigenvalue weighted by atomic mass is 35.5. The van der Waals surface area contributed by atoms with Crippen LogP contribution < -0.4 is 0 Å². The van der Waals surface area contributed by atoms with Gasteiger partial charge in [-0.25, -0.2) is 9.37 Å². The van der Waals surface area contributed by atoms with Crippen LogP contribution in [0.4, 0.5) is 4.39 Å². The summed E-state index contributed by atoms with van der Waals surface area (Å²) in [6, 6.07) is 5.79. The summed E-state index contributed by atoms with van der Waals surface area (Å²) in [5.41, 5.74) is 2.36. The van der Waals surface area contributed by atoms with Gasteiger partial charge in [0.2, 0.25) is 0 Å². The maximum atomic E-state index is 14.3. The highest BCUT2D eigenvalue weighted by molar-refractivity contribution is 7.13. The molecule has 1 aromatic carbocycles. The molecular formula is C16H20ClFN2S. The molecule has 2 aromatic rings. The lowest BCUT2D eigenvalue weighted by atomic mass is 10.1. The molecule has 0 aliphatic carbocycles. The van der Waals surface area contributed by atoms with Crippen LogP contribution in [-0.2, 0) is 12.4 Å². The lowest BCUT2D eigenvalue weighted by Gasteiger charge is -2.23. The van der Waals surface area contributed by atoms with E-state index in [-0.39, 0.29) is 5.82 Å². The van der Waals surface area contributed by atoms with Crippen molar-refractivity contribution in [3.63, 3.8) is 0 Å². The molecule has 0 bridgehead atoms. The first kappa shape index (κ1) is 16.4. The highest BCUT2D eigenvalue weighted by Gasteiger charge is 2.12. The average Bonchev–Trinajstić information content (AvgIpc) is 2.97. The number of rotatable bonds is 6. The minimum Gasteiger partial charge on any atom is -0.299 e. The van der Waals surface area contributed by atoms with Crippen molar-refractivity contribution < 1.29 is 4.39 Å². The van der Waals surface area contributed by atoms with Gasteiger partial charge < -0.3 is 0 Å². The van der Waals surface area contributed by atoms with Crippen LogP contribution in [0.25, 0.3) is 10.6 Å². The summed E-state index contributed by atoms with van der Waals surface area (Å²) in [6.45, 7) is 4.90. The van der Waals surface area contributed by atoms with Gasteiger partial charge >= 0.3 is 0 Å². The normalized spacial score (nSPS) is 12.9. The molecule has 0 radical (unpaired) electrons. The fraction of sp³-hybridized carbons (Fsp3) is 0.438. The molecule has 21 heavy (non-hydrogen) atoms. The average molecular weight is 327 g/mol. The highest BCUT2D eigenvalue weighted by Crippen LogP contribution is 2.26. The number of hydrogen-bond acceptors (Lipinski definition) is 3. The summed E-state index contributed by atoms with van der Waals surface area (Å²) >= 11 is 7.24. The number of hydrogen-bond donors (Lipinski definition) is 0. The number of benzene rings is 1. The van der Waals surface area contributed by atoms with Gasteiger partial charge in [-0.15, -0.1) is 22.9 Å². The summed E-state index contributed by atoms with van der Waals surface area (Å²) in [5.74, 6) is 0.210. The Bertz CT molecular complexity index is 600. The maximum Gasteiger partial charge on any atom is 0.128 e. The van der Waals surface area contributed by atoms with Gasteiger partial charge in [-0.2, -0.15) is 0 Å². The predicted molar refractivity (Wildman–Crippen MR) is 88.3 cm³/mol. The van der Waals surface area contributed by atoms with Crippen LogP contribution in [-0.4, -0.2) is 23.0 Å². The van der Waals surface area contributed by atoms with Gasteiger partial charge in [-0.3, -0.25) is 4.90 Å². The molecule has 0 spiro atoms. The smallest absolute Gasteiger partial charge is 0.128 e. The zero-order valence-corrected chi connectivity index (χ0v) is 14.1. The molecule has 114 valence electrons. The van der Waals surface area contributed by atoms with E-state index in [2.05, 4.69) is 23.7 Å². The van der Waals surface area contributed by atoms with Crippen molar-refractivity contribution in [2.45, 2.75) is 38.7 Å². The fourth-order valence-corrected chi connectivity index (χ4v) is 3.09. The quantitative estimate of drug-likeness (QED) is 0.700. The minimum atomic E-state index is -0.176. The molecule has 0 aliphatic rings. The second-order valence-corrected chi connectivity index (χ2v) is 6.38. The zero-order valence-electron chi connectivity index (χ0n) is 12.6. The van der Waals surface area contributed by atoms with Crippen molar-refractivity contribution in [3.8, 4) is 10.6 Å². The van der Waals surface area contributed by atoms with Crippen LogP contribution in [0.5, 0.6) is 0 Å². The Kier molecular flexibility index (Phi) is 5.73. The molecule has 1 aromatic heterocycles. The third kappa shape index (κ3) is 4.02. The van der Waals surface area contributed by atoms with E-state index in [4.69, 9.17) is 11.6 Å². The van der Waals surface area contributed by atoms with Crippen molar-refractivity contribution in [2.24, 2.45) is 0 Å². The summed E-state index contributed by atoms with van der Waals surface area (Å²) in [5, 5.41) is 2.72. The van der Waals surface area contributed by atoms with E-state index in [9.17, 15) is 4.39 Å². The van der Waals surface area contributed by atoms with Crippen LogP contribution in [0, 0.1) is 5.82 Å². The lowest BCUT2D eigenvalue weighted by Crippen LogP contribution is -2.28. The monoisotopic (exact) mass is 326 g/mol. The van der Waals surface area contributed by atoms with Crippen LogP contribution in [0.3, 0.4) is 0 Å². The molecule has 0 fully saturated rings. The third-order valence-electron chi connectivity index (χ3n) is 3.75. The minimum absolute atomic E-state index is 0.176. The van der Waals surface area contributed by atoms with Gasteiger partial charge in [0.05, 0.1) is 11.6 Å². The second-order valence-electron chi connectivity index (χ2n) is 5.26. The first-order valence-corrected chi connectivity index (χ1v) is 8.46. The molecule has 1 atom stereocenters. The fourth-order valence-electron chi connectivity index (χ4n) is 2.05. The van der Waals surface area contributed by atoms with Gasteiger partial charge in [0.1, 0.15) is 10.8 Å². The molecule has 2 nitrogen and oxygen atoms in total. The first-order valence-electron chi connectivity index (χ1n) is 7.04. The van der Waals surface area contributed by atoms with Crippen molar-refractivity contribution in [1.29, 1.82) is 0 Å². The van der Waals surface area contributed by atoms with E-state index >= 15 is 0 Å². The maximum absolute atomic E-state index is 14.3. The van der Waals surface area contributed by atoms with Gasteiger partial charge in [-0.05, 0) is 26.5 Å². The van der Waals surface area contributed by atoms with E-state index in [1.807, 2.05) is 24.6 Å². The second kappa shape index (κ2) is 7.34. The Morgan fingerprint density at radius 2 is 2.19 bits per heavy atom. The van der Waals surface area contributed by atoms with Crippen molar-refractivity contribution >= 4 is 22.9 Å². The van der Waals surface area contributed by atoms with Gasteiger partial charge in [0, 0.05) is 29.1 Å². The van der Waals surface area contributed by atoms with E-state index in [1.165, 1.54) is 11.3 Å². The molecule has 0 saturated heterocycles. The molecule has 5 heteroatoms. The van der Waals surface area contributed by atoms with Crippen LogP contribution in [0.15, 0.2) is 23.6 Å². The van der Waals surface area contributed by atoms with Crippen LogP contribution >= 0.6 is 22.9 Å². The Hall–Kier alpha value is -0.970. The largest absolute Gasteiger partial charge is 0.299 e. The Morgan fingerprint density at radius 1 is 1.43 bits per heavy atom. The van der Waals surface area contributed by atoms with E-state index < -0.39 is 0 Å². The third-order valence-corrected chi connectivity index (χ3v) is 4.97. The number of thiazole rings is 1. The SMILES string of the molecule is CCC(C)N(C)Cc1ccc(-c2nc(CCl)cs2)cc1F. The Morgan fingerprint density at radius 3 is 2.76 bits per heavy atom. The molecule has 0 N–H and O–H groups in total. The molecule has 1 unspecified atom stereocenters. The summed E-state index contributed by atoms with van der Waals surface area (Å²) < 4.78 is 14.3. The molecule has 0 aliphatic heterocycles. The predicted octanol–water partition coefficient (Wildman–Crippen LogP) is 4.92. The first-order chi connectivity index (χ1) is 10.0. The van der Waals surface area contributed by atoms with Crippen molar-refractivity contribution in [1.82, 2.24) is 9.88 Å². The van der Waals surface area contributed by atoms with Crippen LogP contribution in [0.2, 0.25) is 0 Å². The van der Waals surface area contributed by atoms with E-state index in [0.29, 0.717) is 18.5 Å². The topological polar surface area (TPSA) is 16.1 Å². The van der Waals surface area contributed by atoms with Crippen molar-refractivity contribution in [3.05, 3.63) is 40.7 Å². The number of nitrogens with zero attached hydrogens (tertiary/aromatic N) is 2. The zero-order chi connectivity index (χ0) is 15.4. The number of aromatic nitrogens is 1. The number of halogens is 2. The summed E-state index contributed by atoms with van der Waals surface area (Å²) in [6.07, 6.45) is 1.05. The standard InChI is InChI=1S/C16H20ClFN2S/c1-4-11(2)20(3)9-13-6-5-12(7-15(13)18)16-19-14(8-17)10-21-16/h5-7,10-11H,4,8-9H2,1-3H3. The summed E-state index contributed by atoms with van der Waals surface area (Å²) in [7, 11) is 2.02. The number of alkyl halides is 1. The molecule has 0 amide bonds. The van der Waals surface area contributed by atoms with E-state index in [0.717, 1.165) is 28.2 Å². The van der Waals surface area contributed by atoms with E-state index in [1.54, 1.807) is 6.07 Å². The molecule has 0 saturated carbocycles. The molecule has 2 rings (SSSR count). The molecule has 1 heterocycles. The summed E-state index contributed by atoms with van der Waals surface area (Å²) in [4.78, 5) is 6.54. The van der Waals surface area contributed by atoms with Crippen molar-refractivity contribution in [2.75, 3.05) is 7.05 Å². The van der Waals surface area contributed by atoms with Crippen LogP contribution in [0.1, 0.15) is 31.5 Å². The van der Waals surface area contributed by atoms with Gasteiger partial charge in [0.25, 0.3) is 0 Å². The van der Waals surface area contributed by atoms with Gasteiger partial charge in [-0.1, -0.05) is 19.1 Å². The Balaban J connectivity index is 2.17.